The molecule has 8 aliphatic rings. The minimum absolute atomic E-state index is 0.108. The van der Waals surface area contributed by atoms with Gasteiger partial charge in [0.2, 0.25) is 11.1 Å². The zero-order valence-electron chi connectivity index (χ0n) is 41.5. The topological polar surface area (TPSA) is 246 Å². The fraction of sp³-hybridized carbons (Fsp3) is 0.442. The molecule has 8 fully saturated rings. The van der Waals surface area contributed by atoms with E-state index in [-0.39, 0.29) is 62.2 Å². The SMILES string of the molecule is CC(C)(C)OC(=O)N1CCN(c2ccc(N)cc2F)CC1.CS(=O)c1ncc2cc(C#N)c(=O)n(C34CC(C3)C4)c2n1.N#Cc1cc2cnc(Nc3ccc(N4CCNCC4)c(F)c3)nc2n(C23CC(C2)C3)c1=O. The van der Waals surface area contributed by atoms with Gasteiger partial charge in [-0.2, -0.15) is 15.5 Å². The summed E-state index contributed by atoms with van der Waals surface area (Å²) in [6.45, 7) is 10.9. The van der Waals surface area contributed by atoms with Crippen molar-refractivity contribution < 1.29 is 22.5 Å². The Morgan fingerprint density at radius 3 is 1.77 bits per heavy atom. The van der Waals surface area contributed by atoms with E-state index < -0.39 is 16.4 Å². The van der Waals surface area contributed by atoms with E-state index in [1.807, 2.05) is 42.7 Å². The van der Waals surface area contributed by atoms with Gasteiger partial charge in [0.25, 0.3) is 11.1 Å². The Morgan fingerprint density at radius 1 is 0.770 bits per heavy atom. The number of hydrogen-bond donors (Lipinski definition) is 3. The molecule has 6 aliphatic carbocycles. The number of nitrogens with one attached hydrogen (secondary N) is 2. The maximum atomic E-state index is 14.8. The molecule has 6 aromatic rings. The molecular formula is C52H56F2N14O5S. The van der Waals surface area contributed by atoms with E-state index in [9.17, 15) is 32.6 Å². The van der Waals surface area contributed by atoms with Crippen molar-refractivity contribution in [2.45, 2.75) is 81.1 Å². The lowest BCUT2D eigenvalue weighted by atomic mass is 9.49. The summed E-state index contributed by atoms with van der Waals surface area (Å²) in [4.78, 5) is 60.4. The predicted molar refractivity (Wildman–Crippen MR) is 276 cm³/mol. The zero-order valence-corrected chi connectivity index (χ0v) is 42.3. The van der Waals surface area contributed by atoms with Gasteiger partial charge in [0.05, 0.1) is 33.3 Å². The number of pyridine rings is 2. The van der Waals surface area contributed by atoms with Gasteiger partial charge in [-0.05, 0) is 120 Å². The molecule has 4 N–H and O–H groups in total. The van der Waals surface area contributed by atoms with Gasteiger partial charge in [-0.1, -0.05) is 0 Å². The number of nitrogen functional groups attached to an aromatic ring is 1. The van der Waals surface area contributed by atoms with E-state index in [0.717, 1.165) is 64.7 Å². The number of halogens is 2. The zero-order chi connectivity index (χ0) is 52.3. The monoisotopic (exact) mass is 1030 g/mol. The molecule has 74 heavy (non-hydrogen) atoms. The van der Waals surface area contributed by atoms with Crippen LogP contribution >= 0.6 is 0 Å². The summed E-state index contributed by atoms with van der Waals surface area (Å²) in [5.74, 6) is 1.01. The predicted octanol–water partition coefficient (Wildman–Crippen LogP) is 5.84. The summed E-state index contributed by atoms with van der Waals surface area (Å²) >= 11 is 0. The van der Waals surface area contributed by atoms with Crippen LogP contribution in [0.25, 0.3) is 22.1 Å². The van der Waals surface area contributed by atoms with Crippen molar-refractivity contribution in [3.05, 3.63) is 104 Å². The lowest BCUT2D eigenvalue weighted by Gasteiger charge is -2.62. The molecule has 0 radical (unpaired) electrons. The Hall–Kier alpha value is -7.56. The third kappa shape index (κ3) is 9.48. The molecular weight excluding hydrogens is 971 g/mol. The fourth-order valence-electron chi connectivity index (χ4n) is 10.9. The number of aromatic nitrogens is 6. The number of hydrogen-bond acceptors (Lipinski definition) is 16. The molecule has 1 atom stereocenters. The molecule has 4 aromatic heterocycles. The summed E-state index contributed by atoms with van der Waals surface area (Å²) < 4.78 is 49.0. The number of ether oxygens (including phenoxy) is 1. The summed E-state index contributed by atoms with van der Waals surface area (Å²) in [5.41, 5.74) is 7.32. The van der Waals surface area contributed by atoms with E-state index in [1.54, 1.807) is 56.8 Å². The number of benzene rings is 2. The second-order valence-corrected chi connectivity index (χ2v) is 22.4. The average molecular weight is 1030 g/mol. The van der Waals surface area contributed by atoms with Gasteiger partial charge in [0.15, 0.2) is 0 Å². The minimum atomic E-state index is -1.31. The summed E-state index contributed by atoms with van der Waals surface area (Å²) in [5, 5.41) is 26.4. The molecule has 1 unspecified atom stereocenters. The molecule has 19 nitrogen and oxygen atoms in total. The molecule has 2 aromatic carbocycles. The Labute approximate surface area is 427 Å². The van der Waals surface area contributed by atoms with Crippen LogP contribution in [-0.2, 0) is 26.6 Å². The van der Waals surface area contributed by atoms with Crippen molar-refractivity contribution in [3.8, 4) is 12.1 Å². The van der Waals surface area contributed by atoms with E-state index in [1.165, 1.54) is 24.5 Å². The van der Waals surface area contributed by atoms with Crippen LogP contribution in [0, 0.1) is 46.1 Å². The second-order valence-electron chi connectivity index (χ2n) is 21.1. The molecule has 6 saturated carbocycles. The van der Waals surface area contributed by atoms with Crippen molar-refractivity contribution in [3.63, 3.8) is 0 Å². The van der Waals surface area contributed by atoms with Gasteiger partial charge in [0, 0.05) is 93.2 Å². The van der Waals surface area contributed by atoms with Crippen LogP contribution in [0.2, 0.25) is 0 Å². The van der Waals surface area contributed by atoms with Gasteiger partial charge in [-0.3, -0.25) is 22.9 Å². The van der Waals surface area contributed by atoms with Crippen molar-refractivity contribution in [1.29, 1.82) is 10.5 Å². The van der Waals surface area contributed by atoms with Crippen molar-refractivity contribution >= 4 is 67.7 Å². The van der Waals surface area contributed by atoms with Gasteiger partial charge >= 0.3 is 6.09 Å². The lowest BCUT2D eigenvalue weighted by Crippen LogP contribution is -2.62. The number of carbonyl (C=O) groups is 1. The third-order valence-electron chi connectivity index (χ3n) is 14.8. The normalized spacial score (nSPS) is 22.7. The van der Waals surface area contributed by atoms with Gasteiger partial charge in [-0.15, -0.1) is 0 Å². The van der Waals surface area contributed by atoms with Crippen LogP contribution < -0.4 is 37.3 Å². The van der Waals surface area contributed by atoms with Crippen molar-refractivity contribution in [1.82, 2.24) is 39.3 Å². The first-order valence-corrected chi connectivity index (χ1v) is 26.2. The first-order valence-electron chi connectivity index (χ1n) is 24.7. The van der Waals surface area contributed by atoms with E-state index >= 15 is 0 Å². The van der Waals surface area contributed by atoms with Gasteiger partial charge in [0.1, 0.15) is 51.8 Å². The quantitative estimate of drug-likeness (QED) is 0.126. The third-order valence-corrected chi connectivity index (χ3v) is 15.5. The standard InChI is InChI=1S/C23H22FN7O.C15H22FN3O2.C14H12N4O2S/c24-18-8-17(1-2-19(18)30-5-3-26-4-6-30)28-22-27-13-16-7-15(12-25)21(32)31(20(16)29-22)23-9-14(10-23)11-23;1-15(2,3)21-14(20)19-8-6-18(7-9-19)13-5-4-11(17)10-12(13)16;1-21(20)13-16-7-10-2-9(6-15)12(19)18(11(10)17-13)14-3-8(4-14)5-14/h1-2,7-8,13-14,26H,3-6,9-11H2,(H,27,28,29);4-5,10H,6-9,17H2,1-3H3;2,7-8H,3-5H2,1H3. The van der Waals surface area contributed by atoms with E-state index in [4.69, 9.17) is 15.7 Å². The summed E-state index contributed by atoms with van der Waals surface area (Å²) in [6, 6.07) is 16.7. The first-order chi connectivity index (χ1) is 35.4. The average Bonchev–Trinajstić information content (AvgIpc) is 3.31. The number of fused-ring (bicyclic) bond motifs is 2. The number of amides is 1. The smallest absolute Gasteiger partial charge is 0.410 e. The largest absolute Gasteiger partial charge is 0.444 e. The van der Waals surface area contributed by atoms with Gasteiger partial charge in [-0.25, -0.2) is 28.5 Å². The number of nitrogens with zero attached hydrogens (tertiary/aromatic N) is 11. The lowest BCUT2D eigenvalue weighted by molar-refractivity contribution is -0.0885. The highest BCUT2D eigenvalue weighted by Crippen LogP contribution is 2.63. The highest BCUT2D eigenvalue weighted by molar-refractivity contribution is 7.84. The van der Waals surface area contributed by atoms with Crippen LogP contribution in [0.4, 0.5) is 42.3 Å². The Balaban J connectivity index is 0.000000132. The van der Waals surface area contributed by atoms with E-state index in [0.29, 0.717) is 82.8 Å². The second kappa shape index (κ2) is 19.4. The highest BCUT2D eigenvalue weighted by Gasteiger charge is 2.60. The Morgan fingerprint density at radius 2 is 1.28 bits per heavy atom. The van der Waals surface area contributed by atoms with Crippen molar-refractivity contribution in [2.75, 3.05) is 79.5 Å². The molecule has 22 heteroatoms. The number of carbonyl (C=O) groups excluding carboxylic acids is 1. The minimum Gasteiger partial charge on any atom is -0.444 e. The van der Waals surface area contributed by atoms with Crippen LogP contribution in [0.3, 0.4) is 0 Å². The van der Waals surface area contributed by atoms with E-state index in [2.05, 4.69) is 30.6 Å². The summed E-state index contributed by atoms with van der Waals surface area (Å²) in [6.07, 6.45) is 10.1. The molecule has 14 rings (SSSR count). The fourth-order valence-corrected chi connectivity index (χ4v) is 11.4. The first kappa shape index (κ1) is 50.0. The highest BCUT2D eigenvalue weighted by atomic mass is 32.2. The molecule has 6 heterocycles. The number of rotatable bonds is 7. The van der Waals surface area contributed by atoms with Crippen LogP contribution in [0.1, 0.15) is 70.4 Å². The van der Waals surface area contributed by atoms with Crippen LogP contribution in [0.5, 0.6) is 0 Å². The molecule has 1 amide bonds. The maximum Gasteiger partial charge on any atom is 0.410 e. The van der Waals surface area contributed by atoms with Crippen LogP contribution in [0.15, 0.2) is 75.7 Å². The molecule has 2 aliphatic heterocycles. The Bertz CT molecular complexity index is 3430. The maximum absolute atomic E-state index is 14.8. The van der Waals surface area contributed by atoms with Gasteiger partial charge < -0.3 is 35.8 Å². The number of nitrogens with two attached hydrogens (primary N) is 1. The van der Waals surface area contributed by atoms with Crippen molar-refractivity contribution in [2.24, 2.45) is 11.8 Å². The number of anilines is 5. The van der Waals surface area contributed by atoms with Crippen LogP contribution in [-0.4, -0.2) is 108 Å². The number of piperazine rings is 2. The number of nitriles is 2. The summed E-state index contributed by atoms with van der Waals surface area (Å²) in [7, 11) is -1.31. The Kier molecular flexibility index (Phi) is 13.1. The molecule has 0 spiro atoms. The molecule has 2 saturated heterocycles. The molecule has 4 bridgehead atoms. The molecule has 384 valence electrons.